The number of hydrogen-bond donors (Lipinski definition) is 1. The van der Waals surface area contributed by atoms with Crippen molar-refractivity contribution in [1.82, 2.24) is 0 Å². The molecule has 2 heteroatoms. The van der Waals surface area contributed by atoms with Crippen LogP contribution in [0.2, 0.25) is 0 Å². The van der Waals surface area contributed by atoms with Crippen molar-refractivity contribution in [2.24, 2.45) is 34.0 Å². The second-order valence-electron chi connectivity index (χ2n) is 9.56. The van der Waals surface area contributed by atoms with Crippen LogP contribution >= 0.6 is 0 Å². The van der Waals surface area contributed by atoms with Crippen LogP contribution in [0.15, 0.2) is 23.8 Å². The molecular formula is C21H30O2. The first-order valence-corrected chi connectivity index (χ1v) is 9.33. The maximum Gasteiger partial charge on any atom is 0.178 e. The Morgan fingerprint density at radius 1 is 1.17 bits per heavy atom. The number of carbonyl (C=O) groups excluding carboxylic acids is 1. The van der Waals surface area contributed by atoms with Crippen LogP contribution in [0.3, 0.4) is 0 Å². The van der Waals surface area contributed by atoms with Gasteiger partial charge in [0.2, 0.25) is 0 Å². The van der Waals surface area contributed by atoms with Gasteiger partial charge in [0, 0.05) is 10.8 Å². The van der Waals surface area contributed by atoms with Gasteiger partial charge in [-0.1, -0.05) is 39.3 Å². The fourth-order valence-electron chi connectivity index (χ4n) is 7.08. The van der Waals surface area contributed by atoms with Gasteiger partial charge in [-0.25, -0.2) is 0 Å². The van der Waals surface area contributed by atoms with E-state index in [4.69, 9.17) is 0 Å². The van der Waals surface area contributed by atoms with Crippen LogP contribution in [-0.4, -0.2) is 17.0 Å². The van der Waals surface area contributed by atoms with E-state index in [1.54, 1.807) is 6.08 Å². The summed E-state index contributed by atoms with van der Waals surface area (Å²) in [6, 6.07) is 0. The third-order valence-electron chi connectivity index (χ3n) is 8.38. The highest BCUT2D eigenvalue weighted by atomic mass is 16.3. The number of hydrogen-bond acceptors (Lipinski definition) is 2. The maximum absolute atomic E-state index is 11.9. The molecule has 23 heavy (non-hydrogen) atoms. The minimum Gasteiger partial charge on any atom is -0.392 e. The molecule has 0 radical (unpaired) electrons. The highest BCUT2D eigenvalue weighted by molar-refractivity contribution is 6.01. The Bertz CT molecular complexity index is 617. The highest BCUT2D eigenvalue weighted by Crippen LogP contribution is 2.70. The van der Waals surface area contributed by atoms with E-state index in [-0.39, 0.29) is 22.7 Å². The number of ketones is 1. The van der Waals surface area contributed by atoms with E-state index in [1.165, 1.54) is 18.4 Å². The summed E-state index contributed by atoms with van der Waals surface area (Å²) < 4.78 is 0. The first-order chi connectivity index (χ1) is 10.7. The van der Waals surface area contributed by atoms with Crippen molar-refractivity contribution in [3.05, 3.63) is 23.8 Å². The molecule has 0 aromatic rings. The minimum absolute atomic E-state index is 0.115. The van der Waals surface area contributed by atoms with Gasteiger partial charge in [-0.3, -0.25) is 4.79 Å². The zero-order valence-corrected chi connectivity index (χ0v) is 14.9. The molecule has 0 aromatic heterocycles. The van der Waals surface area contributed by atoms with E-state index in [1.807, 2.05) is 6.08 Å². The Hall–Kier alpha value is -0.890. The molecule has 4 aliphatic rings. The van der Waals surface area contributed by atoms with Gasteiger partial charge in [0.25, 0.3) is 0 Å². The average Bonchev–Trinajstić information content (AvgIpc) is 2.76. The minimum atomic E-state index is -0.286. The molecule has 0 heterocycles. The average molecular weight is 314 g/mol. The molecule has 4 aliphatic carbocycles. The fraction of sp³-hybridized carbons (Fsp3) is 0.762. The van der Waals surface area contributed by atoms with E-state index in [0.717, 1.165) is 31.1 Å². The van der Waals surface area contributed by atoms with Crippen molar-refractivity contribution in [2.75, 3.05) is 0 Å². The molecule has 2 nitrogen and oxygen atoms in total. The molecule has 4 unspecified atom stereocenters. The van der Waals surface area contributed by atoms with Crippen molar-refractivity contribution >= 4 is 5.78 Å². The summed E-state index contributed by atoms with van der Waals surface area (Å²) in [7, 11) is 0. The Balaban J connectivity index is 1.82. The second kappa shape index (κ2) is 4.59. The lowest BCUT2D eigenvalue weighted by Gasteiger charge is -2.64. The summed E-state index contributed by atoms with van der Waals surface area (Å²) in [4.78, 5) is 11.9. The topological polar surface area (TPSA) is 37.3 Å². The van der Waals surface area contributed by atoms with Crippen LogP contribution in [-0.2, 0) is 4.79 Å². The molecule has 0 bridgehead atoms. The normalized spacial score (nSPS) is 55.0. The molecule has 1 N–H and O–H groups in total. The van der Waals surface area contributed by atoms with Crippen LogP contribution in [0, 0.1) is 34.0 Å². The number of allylic oxidation sites excluding steroid dienone is 4. The Morgan fingerprint density at radius 2 is 1.91 bits per heavy atom. The third kappa shape index (κ3) is 1.82. The predicted octanol–water partition coefficient (Wildman–Crippen LogP) is 4.29. The smallest absolute Gasteiger partial charge is 0.178 e. The van der Waals surface area contributed by atoms with Gasteiger partial charge in [-0.2, -0.15) is 0 Å². The van der Waals surface area contributed by atoms with Crippen molar-refractivity contribution < 1.29 is 9.90 Å². The molecule has 0 saturated heterocycles. The summed E-state index contributed by atoms with van der Waals surface area (Å²) in [5, 5.41) is 11.3. The summed E-state index contributed by atoms with van der Waals surface area (Å²) in [6.45, 7) is 9.36. The molecule has 0 spiro atoms. The van der Waals surface area contributed by atoms with E-state index < -0.39 is 0 Å². The lowest BCUT2D eigenvalue weighted by molar-refractivity contribution is -0.168. The van der Waals surface area contributed by atoms with Gasteiger partial charge in [0.1, 0.15) is 0 Å². The maximum atomic E-state index is 11.9. The summed E-state index contributed by atoms with van der Waals surface area (Å²) in [5.41, 5.74) is 1.23. The van der Waals surface area contributed by atoms with Crippen molar-refractivity contribution in [3.8, 4) is 0 Å². The first kappa shape index (κ1) is 15.6. The molecule has 0 aliphatic heterocycles. The molecule has 0 aromatic carbocycles. The Morgan fingerprint density at radius 3 is 2.65 bits per heavy atom. The van der Waals surface area contributed by atoms with Crippen LogP contribution < -0.4 is 0 Å². The van der Waals surface area contributed by atoms with Gasteiger partial charge in [0.15, 0.2) is 5.78 Å². The summed E-state index contributed by atoms with van der Waals surface area (Å²) >= 11 is 0. The number of carbonyl (C=O) groups is 1. The SMILES string of the molecule is C[C@@H]1C[C@H]2C3CCC4=CC(=O)C=CC4(C)[C@@]3(C)C(O)CC2(C)C1. The van der Waals surface area contributed by atoms with Gasteiger partial charge in [-0.15, -0.1) is 0 Å². The van der Waals surface area contributed by atoms with E-state index in [2.05, 4.69) is 33.8 Å². The van der Waals surface area contributed by atoms with Crippen LogP contribution in [0.1, 0.15) is 59.8 Å². The zero-order valence-electron chi connectivity index (χ0n) is 14.9. The standard InChI is InChI=1S/C21H30O2/c1-13-9-17-16-6-5-14-10-15(22)7-8-20(14,3)21(16,4)18(23)12-19(17,2)11-13/h7-8,10,13,16-18,23H,5-6,9,11-12H2,1-4H3/t13-,16?,17+,18?,19?,20?,21-/m1/s1. The van der Waals surface area contributed by atoms with Crippen LogP contribution in [0.25, 0.3) is 0 Å². The lowest BCUT2D eigenvalue weighted by Crippen LogP contribution is -2.61. The summed E-state index contributed by atoms with van der Waals surface area (Å²) in [6.07, 6.45) is 11.0. The van der Waals surface area contributed by atoms with Gasteiger partial charge in [-0.05, 0) is 67.4 Å². The first-order valence-electron chi connectivity index (χ1n) is 9.33. The van der Waals surface area contributed by atoms with Crippen LogP contribution in [0.4, 0.5) is 0 Å². The predicted molar refractivity (Wildman–Crippen MR) is 91.8 cm³/mol. The van der Waals surface area contributed by atoms with E-state index in [9.17, 15) is 9.90 Å². The van der Waals surface area contributed by atoms with E-state index in [0.29, 0.717) is 11.3 Å². The Labute approximate surface area is 140 Å². The quantitative estimate of drug-likeness (QED) is 0.724. The lowest BCUT2D eigenvalue weighted by atomic mass is 9.40. The molecule has 0 amide bonds. The number of aliphatic hydroxyl groups is 1. The van der Waals surface area contributed by atoms with E-state index >= 15 is 0 Å². The van der Waals surface area contributed by atoms with Gasteiger partial charge >= 0.3 is 0 Å². The fourth-order valence-corrected chi connectivity index (χ4v) is 7.08. The van der Waals surface area contributed by atoms with Gasteiger partial charge < -0.3 is 5.11 Å². The van der Waals surface area contributed by atoms with Gasteiger partial charge in [0.05, 0.1) is 6.10 Å². The number of aliphatic hydroxyl groups excluding tert-OH is 1. The monoisotopic (exact) mass is 314 g/mol. The summed E-state index contributed by atoms with van der Waals surface area (Å²) in [5.74, 6) is 2.16. The molecule has 3 saturated carbocycles. The molecule has 4 rings (SSSR count). The largest absolute Gasteiger partial charge is 0.392 e. The molecular weight excluding hydrogens is 284 g/mol. The molecule has 3 fully saturated rings. The zero-order chi connectivity index (χ0) is 16.6. The van der Waals surface area contributed by atoms with Crippen molar-refractivity contribution in [2.45, 2.75) is 65.9 Å². The highest BCUT2D eigenvalue weighted by Gasteiger charge is 2.65. The van der Waals surface area contributed by atoms with Crippen molar-refractivity contribution in [3.63, 3.8) is 0 Å². The third-order valence-corrected chi connectivity index (χ3v) is 8.38. The number of fused-ring (bicyclic) bond motifs is 5. The molecule has 7 atom stereocenters. The second-order valence-corrected chi connectivity index (χ2v) is 9.56. The molecule has 126 valence electrons. The Kier molecular flexibility index (Phi) is 3.12. The van der Waals surface area contributed by atoms with Crippen molar-refractivity contribution in [1.29, 1.82) is 0 Å². The number of rotatable bonds is 0. The van der Waals surface area contributed by atoms with Crippen LogP contribution in [0.5, 0.6) is 0 Å².